The average molecular weight is 354 g/mol. The van der Waals surface area contributed by atoms with Gasteiger partial charge in [-0.25, -0.2) is 13.1 Å². The lowest BCUT2D eigenvalue weighted by molar-refractivity contribution is 0.0835. The van der Waals surface area contributed by atoms with Crippen LogP contribution in [0.4, 0.5) is 0 Å². The summed E-state index contributed by atoms with van der Waals surface area (Å²) >= 11 is 0. The second-order valence-electron chi connectivity index (χ2n) is 7.17. The van der Waals surface area contributed by atoms with E-state index in [-0.39, 0.29) is 22.6 Å². The van der Waals surface area contributed by atoms with E-state index in [2.05, 4.69) is 10.0 Å². The van der Waals surface area contributed by atoms with Crippen LogP contribution in [-0.4, -0.2) is 27.4 Å². The highest BCUT2D eigenvalue weighted by Crippen LogP contribution is 2.47. The first-order chi connectivity index (χ1) is 11.4. The third-order valence-electron chi connectivity index (χ3n) is 5.67. The van der Waals surface area contributed by atoms with Crippen molar-refractivity contribution >= 4 is 15.9 Å². The van der Waals surface area contributed by atoms with Gasteiger partial charge in [0.1, 0.15) is 6.26 Å². The van der Waals surface area contributed by atoms with Crippen LogP contribution >= 0.6 is 0 Å². The Morgan fingerprint density at radius 3 is 2.46 bits per heavy atom. The van der Waals surface area contributed by atoms with Gasteiger partial charge in [-0.2, -0.15) is 0 Å². The molecule has 2 N–H and O–H groups in total. The van der Waals surface area contributed by atoms with E-state index in [0.717, 1.165) is 12.8 Å². The van der Waals surface area contributed by atoms with Crippen molar-refractivity contribution in [1.29, 1.82) is 0 Å². The van der Waals surface area contributed by atoms with Crippen molar-refractivity contribution in [2.24, 2.45) is 5.41 Å². The van der Waals surface area contributed by atoms with E-state index in [1.807, 2.05) is 0 Å². The summed E-state index contributed by atoms with van der Waals surface area (Å²) in [5.74, 6) is -0.263. The lowest BCUT2D eigenvalue weighted by Gasteiger charge is -2.43. The molecule has 3 rings (SSSR count). The molecule has 0 bridgehead atoms. The van der Waals surface area contributed by atoms with Crippen LogP contribution in [-0.2, 0) is 10.0 Å². The maximum atomic E-state index is 12.3. The van der Waals surface area contributed by atoms with E-state index in [1.165, 1.54) is 64.3 Å². The first kappa shape index (κ1) is 17.5. The third kappa shape index (κ3) is 3.67. The first-order valence-corrected chi connectivity index (χ1v) is 10.3. The second kappa shape index (κ2) is 6.88. The molecule has 7 heteroatoms. The second-order valence-corrected chi connectivity index (χ2v) is 8.99. The molecule has 2 aliphatic rings. The quantitative estimate of drug-likeness (QED) is 0.870. The fourth-order valence-electron chi connectivity index (χ4n) is 4.12. The minimum Gasteiger partial charge on any atom is -0.451 e. The van der Waals surface area contributed by atoms with Gasteiger partial charge in [0.05, 0.1) is 5.56 Å². The number of furan rings is 1. The molecule has 24 heavy (non-hydrogen) atoms. The van der Waals surface area contributed by atoms with E-state index in [9.17, 15) is 13.2 Å². The van der Waals surface area contributed by atoms with Gasteiger partial charge in [0.25, 0.3) is 15.9 Å². The van der Waals surface area contributed by atoms with Crippen molar-refractivity contribution in [3.63, 3.8) is 0 Å². The summed E-state index contributed by atoms with van der Waals surface area (Å²) < 4.78 is 30.5. The molecule has 1 spiro atoms. The Kier molecular flexibility index (Phi) is 5.01. The number of sulfonamides is 1. The van der Waals surface area contributed by atoms with Crippen LogP contribution in [0.3, 0.4) is 0 Å². The summed E-state index contributed by atoms with van der Waals surface area (Å²) in [6, 6.07) is 1.44. The maximum Gasteiger partial charge on any atom is 0.273 e. The summed E-state index contributed by atoms with van der Waals surface area (Å²) in [5.41, 5.74) is 0.769. The van der Waals surface area contributed by atoms with E-state index in [4.69, 9.17) is 4.42 Å². The molecule has 2 fully saturated rings. The van der Waals surface area contributed by atoms with Crippen LogP contribution in [0, 0.1) is 5.41 Å². The summed E-state index contributed by atoms with van der Waals surface area (Å²) in [4.78, 5) is 12.3. The number of carbonyl (C=O) groups is 1. The highest BCUT2D eigenvalue weighted by atomic mass is 32.2. The predicted molar refractivity (Wildman–Crippen MR) is 90.2 cm³/mol. The molecule has 0 unspecified atom stereocenters. The molecule has 0 radical (unpaired) electrons. The normalized spacial score (nSPS) is 21.7. The number of rotatable bonds is 4. The number of hydrogen-bond donors (Lipinski definition) is 2. The molecule has 6 nitrogen and oxygen atoms in total. The molecule has 0 atom stereocenters. The standard InChI is InChI=1S/C17H26N2O4S/c1-18-24(21,22)15-11-13(12-23-15)16(20)19-14-5-9-17(10-6-14)7-3-2-4-8-17/h11-12,14,18H,2-10H2,1H3,(H,19,20). The van der Waals surface area contributed by atoms with Gasteiger partial charge >= 0.3 is 0 Å². The molecule has 1 heterocycles. The number of carbonyl (C=O) groups excluding carboxylic acids is 1. The molecule has 134 valence electrons. The van der Waals surface area contributed by atoms with E-state index >= 15 is 0 Å². The number of hydrogen-bond acceptors (Lipinski definition) is 4. The van der Waals surface area contributed by atoms with Gasteiger partial charge < -0.3 is 9.73 Å². The molecule has 2 aliphatic carbocycles. The molecular weight excluding hydrogens is 328 g/mol. The van der Waals surface area contributed by atoms with Crippen LogP contribution < -0.4 is 10.0 Å². The molecule has 1 aromatic rings. The van der Waals surface area contributed by atoms with Gasteiger partial charge in [0.15, 0.2) is 0 Å². The molecule has 2 saturated carbocycles. The Hall–Kier alpha value is -1.34. The Labute approximate surface area is 143 Å². The molecular formula is C17H26N2O4S. The van der Waals surface area contributed by atoms with Crippen molar-refractivity contribution < 1.29 is 17.6 Å². The third-order valence-corrected chi connectivity index (χ3v) is 6.95. The van der Waals surface area contributed by atoms with Gasteiger partial charge in [-0.05, 0) is 51.0 Å². The monoisotopic (exact) mass is 354 g/mol. The summed E-state index contributed by atoms with van der Waals surface area (Å²) in [6.45, 7) is 0. The van der Waals surface area contributed by atoms with E-state index in [0.29, 0.717) is 5.41 Å². The molecule has 0 saturated heterocycles. The molecule has 0 aromatic carbocycles. The number of nitrogens with one attached hydrogen (secondary N) is 2. The van der Waals surface area contributed by atoms with Crippen LogP contribution in [0.2, 0.25) is 0 Å². The van der Waals surface area contributed by atoms with Crippen molar-refractivity contribution in [3.8, 4) is 0 Å². The van der Waals surface area contributed by atoms with Crippen molar-refractivity contribution in [1.82, 2.24) is 10.0 Å². The molecule has 1 amide bonds. The predicted octanol–water partition coefficient (Wildman–Crippen LogP) is 2.81. The zero-order valence-corrected chi connectivity index (χ0v) is 15.0. The minimum absolute atomic E-state index is 0.171. The van der Waals surface area contributed by atoms with Crippen LogP contribution in [0.5, 0.6) is 0 Å². The molecule has 0 aliphatic heterocycles. The van der Waals surface area contributed by atoms with Crippen molar-refractivity contribution in [2.45, 2.75) is 68.9 Å². The highest BCUT2D eigenvalue weighted by molar-refractivity contribution is 7.89. The Bertz CT molecular complexity index is 679. The van der Waals surface area contributed by atoms with Gasteiger partial charge in [0, 0.05) is 12.1 Å². The minimum atomic E-state index is -3.66. The van der Waals surface area contributed by atoms with E-state index in [1.54, 1.807) is 0 Å². The van der Waals surface area contributed by atoms with Gasteiger partial charge in [-0.1, -0.05) is 19.3 Å². The van der Waals surface area contributed by atoms with Crippen LogP contribution in [0.25, 0.3) is 0 Å². The fourth-order valence-corrected chi connectivity index (χ4v) is 4.78. The summed E-state index contributed by atoms with van der Waals surface area (Å²) in [5, 5.41) is 2.79. The topological polar surface area (TPSA) is 88.4 Å². The van der Waals surface area contributed by atoms with Crippen LogP contribution in [0.1, 0.15) is 68.1 Å². The highest BCUT2D eigenvalue weighted by Gasteiger charge is 2.36. The van der Waals surface area contributed by atoms with Crippen LogP contribution in [0.15, 0.2) is 21.8 Å². The van der Waals surface area contributed by atoms with Crippen molar-refractivity contribution in [3.05, 3.63) is 17.9 Å². The first-order valence-electron chi connectivity index (χ1n) is 8.77. The SMILES string of the molecule is CNS(=O)(=O)c1cc(C(=O)NC2CCC3(CCCCC3)CC2)co1. The van der Waals surface area contributed by atoms with Gasteiger partial charge in [-0.15, -0.1) is 0 Å². The summed E-state index contributed by atoms with van der Waals surface area (Å²) in [6.07, 6.45) is 12.3. The van der Waals surface area contributed by atoms with Crippen molar-refractivity contribution in [2.75, 3.05) is 7.05 Å². The Balaban J connectivity index is 1.56. The lowest BCUT2D eigenvalue weighted by atomic mass is 9.64. The Morgan fingerprint density at radius 2 is 1.83 bits per heavy atom. The largest absolute Gasteiger partial charge is 0.451 e. The lowest BCUT2D eigenvalue weighted by Crippen LogP contribution is -2.41. The van der Waals surface area contributed by atoms with E-state index < -0.39 is 10.0 Å². The smallest absolute Gasteiger partial charge is 0.273 e. The zero-order valence-electron chi connectivity index (χ0n) is 14.1. The zero-order chi connectivity index (χ0) is 17.2. The summed E-state index contributed by atoms with van der Waals surface area (Å²) in [7, 11) is -2.35. The maximum absolute atomic E-state index is 12.3. The van der Waals surface area contributed by atoms with Gasteiger partial charge in [0.2, 0.25) is 5.09 Å². The fraction of sp³-hybridized carbons (Fsp3) is 0.706. The number of amides is 1. The molecule has 1 aromatic heterocycles. The average Bonchev–Trinajstić information content (AvgIpc) is 3.09. The Morgan fingerprint density at radius 1 is 1.17 bits per heavy atom. The van der Waals surface area contributed by atoms with Gasteiger partial charge in [-0.3, -0.25) is 4.79 Å².